The van der Waals surface area contributed by atoms with Crippen LogP contribution in [-0.2, 0) is 6.54 Å². The normalized spacial score (nSPS) is 11.3. The van der Waals surface area contributed by atoms with Crippen LogP contribution in [0.5, 0.6) is 5.75 Å². The fourth-order valence-corrected chi connectivity index (χ4v) is 1.93. The summed E-state index contributed by atoms with van der Waals surface area (Å²) in [6, 6.07) is 12.5. The van der Waals surface area contributed by atoms with Crippen LogP contribution in [0.25, 0.3) is 11.3 Å². The molecule has 0 unspecified atom stereocenters. The van der Waals surface area contributed by atoms with Crippen molar-refractivity contribution in [2.45, 2.75) is 46.4 Å². The van der Waals surface area contributed by atoms with E-state index in [4.69, 9.17) is 9.15 Å². The van der Waals surface area contributed by atoms with Crippen molar-refractivity contribution >= 4 is 0 Å². The maximum Gasteiger partial charge on any atom is 0.134 e. The molecule has 0 fully saturated rings. The van der Waals surface area contributed by atoms with E-state index in [1.165, 1.54) is 0 Å². The quantitative estimate of drug-likeness (QED) is 0.855. The van der Waals surface area contributed by atoms with Crippen molar-refractivity contribution < 1.29 is 9.15 Å². The lowest BCUT2D eigenvalue weighted by atomic mass is 10.1. The van der Waals surface area contributed by atoms with Gasteiger partial charge in [-0.1, -0.05) is 26.0 Å². The molecule has 1 aromatic carbocycles. The number of furan rings is 1. The summed E-state index contributed by atoms with van der Waals surface area (Å²) in [6.07, 6.45) is 0.174. The summed E-state index contributed by atoms with van der Waals surface area (Å²) in [4.78, 5) is 0. The van der Waals surface area contributed by atoms with Gasteiger partial charge in [-0.25, -0.2) is 0 Å². The molecule has 20 heavy (non-hydrogen) atoms. The summed E-state index contributed by atoms with van der Waals surface area (Å²) >= 11 is 0. The molecule has 0 spiro atoms. The number of rotatable bonds is 6. The first-order valence-electron chi connectivity index (χ1n) is 7.14. The van der Waals surface area contributed by atoms with Gasteiger partial charge in [0.05, 0.1) is 12.6 Å². The van der Waals surface area contributed by atoms with Crippen LogP contribution in [0.2, 0.25) is 0 Å². The molecule has 2 aromatic rings. The van der Waals surface area contributed by atoms with Gasteiger partial charge in [-0.2, -0.15) is 0 Å². The van der Waals surface area contributed by atoms with Crippen molar-refractivity contribution in [2.24, 2.45) is 0 Å². The molecule has 1 aromatic heterocycles. The minimum atomic E-state index is 0.174. The zero-order valence-electron chi connectivity index (χ0n) is 12.6. The third-order valence-corrected chi connectivity index (χ3v) is 2.84. The Kier molecular flexibility index (Phi) is 4.85. The molecule has 108 valence electrons. The molecule has 3 heteroatoms. The predicted molar refractivity (Wildman–Crippen MR) is 81.9 cm³/mol. The topological polar surface area (TPSA) is 34.4 Å². The average molecular weight is 273 g/mol. The van der Waals surface area contributed by atoms with E-state index in [1.54, 1.807) is 0 Å². The second-order valence-electron chi connectivity index (χ2n) is 5.50. The highest BCUT2D eigenvalue weighted by atomic mass is 16.5. The molecular weight excluding hydrogens is 250 g/mol. The second kappa shape index (κ2) is 6.62. The van der Waals surface area contributed by atoms with E-state index in [-0.39, 0.29) is 6.10 Å². The number of benzene rings is 1. The minimum Gasteiger partial charge on any atom is -0.491 e. The lowest BCUT2D eigenvalue weighted by molar-refractivity contribution is 0.242. The molecule has 0 atom stereocenters. The van der Waals surface area contributed by atoms with Crippen LogP contribution in [-0.4, -0.2) is 12.1 Å². The Hall–Kier alpha value is -1.74. The van der Waals surface area contributed by atoms with Gasteiger partial charge in [0.1, 0.15) is 17.3 Å². The van der Waals surface area contributed by atoms with Crippen LogP contribution in [0.4, 0.5) is 0 Å². The molecule has 0 radical (unpaired) electrons. The van der Waals surface area contributed by atoms with Crippen molar-refractivity contribution in [2.75, 3.05) is 0 Å². The molecule has 1 N–H and O–H groups in total. The van der Waals surface area contributed by atoms with E-state index in [2.05, 4.69) is 19.2 Å². The van der Waals surface area contributed by atoms with Crippen LogP contribution >= 0.6 is 0 Å². The lowest BCUT2D eigenvalue weighted by Gasteiger charge is -2.10. The zero-order valence-corrected chi connectivity index (χ0v) is 12.6. The fourth-order valence-electron chi connectivity index (χ4n) is 1.93. The predicted octanol–water partition coefficient (Wildman–Crippen LogP) is 4.23. The van der Waals surface area contributed by atoms with Crippen LogP contribution in [0.15, 0.2) is 40.8 Å². The van der Waals surface area contributed by atoms with Crippen molar-refractivity contribution in [3.8, 4) is 17.1 Å². The lowest BCUT2D eigenvalue weighted by Crippen LogP contribution is -2.21. The summed E-state index contributed by atoms with van der Waals surface area (Å²) in [5, 5.41) is 3.35. The average Bonchev–Trinajstić information content (AvgIpc) is 2.84. The SMILES string of the molecule is CC(C)NCc1ccc(-c2cccc(OC(C)C)c2)o1. The Bertz CT molecular complexity index is 543. The highest BCUT2D eigenvalue weighted by Gasteiger charge is 2.07. The van der Waals surface area contributed by atoms with E-state index in [1.807, 2.05) is 50.2 Å². The Balaban J connectivity index is 2.11. The Labute approximate surface area is 121 Å². The van der Waals surface area contributed by atoms with Crippen LogP contribution < -0.4 is 10.1 Å². The molecule has 0 aliphatic carbocycles. The number of hydrogen-bond donors (Lipinski definition) is 1. The first-order valence-corrected chi connectivity index (χ1v) is 7.14. The number of ether oxygens (including phenoxy) is 1. The molecule has 1 heterocycles. The third-order valence-electron chi connectivity index (χ3n) is 2.84. The van der Waals surface area contributed by atoms with Crippen molar-refractivity contribution in [1.82, 2.24) is 5.32 Å². The van der Waals surface area contributed by atoms with Crippen molar-refractivity contribution in [3.05, 3.63) is 42.2 Å². The molecule has 3 nitrogen and oxygen atoms in total. The summed E-state index contributed by atoms with van der Waals surface area (Å²) in [5.41, 5.74) is 1.04. The van der Waals surface area contributed by atoms with Gasteiger partial charge in [0.2, 0.25) is 0 Å². The standard InChI is InChI=1S/C17H23NO2/c1-12(2)18-11-16-8-9-17(20-16)14-6-5-7-15(10-14)19-13(3)4/h5-10,12-13,18H,11H2,1-4H3. The van der Waals surface area contributed by atoms with E-state index in [9.17, 15) is 0 Å². The van der Waals surface area contributed by atoms with E-state index in [0.29, 0.717) is 6.04 Å². The molecule has 0 amide bonds. The summed E-state index contributed by atoms with van der Waals surface area (Å²) in [7, 11) is 0. The molecule has 2 rings (SSSR count). The molecule has 0 aliphatic rings. The first-order chi connectivity index (χ1) is 9.54. The molecular formula is C17H23NO2. The minimum absolute atomic E-state index is 0.174. The van der Waals surface area contributed by atoms with Gasteiger partial charge >= 0.3 is 0 Å². The maximum absolute atomic E-state index is 5.86. The van der Waals surface area contributed by atoms with Gasteiger partial charge in [-0.3, -0.25) is 0 Å². The van der Waals surface area contributed by atoms with Gasteiger partial charge in [-0.15, -0.1) is 0 Å². The summed E-state index contributed by atoms with van der Waals surface area (Å²) < 4.78 is 11.6. The monoisotopic (exact) mass is 273 g/mol. The van der Waals surface area contributed by atoms with E-state index < -0.39 is 0 Å². The Morgan fingerprint density at radius 1 is 1.10 bits per heavy atom. The highest BCUT2D eigenvalue weighted by Crippen LogP contribution is 2.26. The first kappa shape index (κ1) is 14.7. The van der Waals surface area contributed by atoms with Crippen LogP contribution in [0.3, 0.4) is 0 Å². The van der Waals surface area contributed by atoms with Crippen LogP contribution in [0.1, 0.15) is 33.5 Å². The van der Waals surface area contributed by atoms with E-state index in [0.717, 1.165) is 29.4 Å². The van der Waals surface area contributed by atoms with Gasteiger partial charge in [0, 0.05) is 11.6 Å². The molecule has 0 saturated carbocycles. The van der Waals surface area contributed by atoms with Crippen molar-refractivity contribution in [1.29, 1.82) is 0 Å². The summed E-state index contributed by atoms with van der Waals surface area (Å²) in [6.45, 7) is 9.04. The maximum atomic E-state index is 5.86. The van der Waals surface area contributed by atoms with Gasteiger partial charge in [0.25, 0.3) is 0 Å². The largest absolute Gasteiger partial charge is 0.491 e. The number of hydrogen-bond acceptors (Lipinski definition) is 3. The van der Waals surface area contributed by atoms with Gasteiger partial charge in [0.15, 0.2) is 0 Å². The zero-order chi connectivity index (χ0) is 14.5. The Morgan fingerprint density at radius 2 is 1.90 bits per heavy atom. The molecule has 0 bridgehead atoms. The smallest absolute Gasteiger partial charge is 0.134 e. The summed E-state index contributed by atoms with van der Waals surface area (Å²) in [5.74, 6) is 2.69. The highest BCUT2D eigenvalue weighted by molar-refractivity contribution is 5.59. The molecule has 0 aliphatic heterocycles. The number of nitrogens with one attached hydrogen (secondary N) is 1. The molecule has 0 saturated heterocycles. The fraction of sp³-hybridized carbons (Fsp3) is 0.412. The van der Waals surface area contributed by atoms with Gasteiger partial charge < -0.3 is 14.5 Å². The Morgan fingerprint density at radius 3 is 2.60 bits per heavy atom. The second-order valence-corrected chi connectivity index (χ2v) is 5.50. The van der Waals surface area contributed by atoms with Gasteiger partial charge in [-0.05, 0) is 38.1 Å². The van der Waals surface area contributed by atoms with Crippen LogP contribution in [0, 0.1) is 0 Å². The van der Waals surface area contributed by atoms with E-state index >= 15 is 0 Å². The third kappa shape index (κ3) is 4.14. The van der Waals surface area contributed by atoms with Crippen molar-refractivity contribution in [3.63, 3.8) is 0 Å².